The van der Waals surface area contributed by atoms with Gasteiger partial charge >= 0.3 is 6.03 Å². The standard InChI is InChI=1S/C19H23ClFN5O3/c1-11(9-27)23-18-22-7-13-4-5-26(8-16(13)24-18)19(29)25-17(10-28)12-2-3-15(21)14(20)6-12/h2-3,6-7,11,17,27-28H,4-5,8-10H2,1H3,(H,25,29)(H,22,23,24)/t11-,17-/m1/s1. The lowest BCUT2D eigenvalue weighted by Gasteiger charge is -2.30. The van der Waals surface area contributed by atoms with Crippen LogP contribution in [0.5, 0.6) is 0 Å². The number of carbonyl (C=O) groups excluding carboxylic acids is 1. The number of anilines is 1. The molecule has 0 saturated heterocycles. The molecule has 1 aromatic heterocycles. The minimum Gasteiger partial charge on any atom is -0.394 e. The summed E-state index contributed by atoms with van der Waals surface area (Å²) in [6, 6.07) is 2.78. The predicted octanol–water partition coefficient (Wildman–Crippen LogP) is 1.86. The number of halogens is 2. The van der Waals surface area contributed by atoms with Gasteiger partial charge in [-0.15, -0.1) is 0 Å². The van der Waals surface area contributed by atoms with Gasteiger partial charge in [-0.1, -0.05) is 17.7 Å². The van der Waals surface area contributed by atoms with Crippen molar-refractivity contribution in [3.63, 3.8) is 0 Å². The molecule has 2 atom stereocenters. The van der Waals surface area contributed by atoms with Crippen LogP contribution in [-0.2, 0) is 13.0 Å². The van der Waals surface area contributed by atoms with Gasteiger partial charge in [0.25, 0.3) is 0 Å². The summed E-state index contributed by atoms with van der Waals surface area (Å²) >= 11 is 5.80. The van der Waals surface area contributed by atoms with Crippen LogP contribution in [0.1, 0.15) is 29.8 Å². The van der Waals surface area contributed by atoms with Crippen LogP contribution in [0.4, 0.5) is 15.1 Å². The van der Waals surface area contributed by atoms with Gasteiger partial charge in [0, 0.05) is 18.8 Å². The summed E-state index contributed by atoms with van der Waals surface area (Å²) in [6.07, 6.45) is 2.33. The molecule has 0 bridgehead atoms. The zero-order chi connectivity index (χ0) is 21.0. The van der Waals surface area contributed by atoms with E-state index in [4.69, 9.17) is 16.7 Å². The number of urea groups is 1. The lowest BCUT2D eigenvalue weighted by atomic mass is 10.1. The molecule has 10 heteroatoms. The molecule has 0 fully saturated rings. The van der Waals surface area contributed by atoms with Gasteiger partial charge < -0.3 is 25.7 Å². The van der Waals surface area contributed by atoms with Crippen LogP contribution >= 0.6 is 11.6 Å². The molecule has 0 aliphatic carbocycles. The summed E-state index contributed by atoms with van der Waals surface area (Å²) in [6.45, 7) is 2.16. The van der Waals surface area contributed by atoms with E-state index >= 15 is 0 Å². The molecule has 1 aliphatic rings. The number of nitrogens with one attached hydrogen (secondary N) is 2. The van der Waals surface area contributed by atoms with Crippen LogP contribution in [0, 0.1) is 5.82 Å². The SMILES string of the molecule is C[C@H](CO)Nc1ncc2c(n1)CN(C(=O)N[C@H](CO)c1ccc(F)c(Cl)c1)CC2. The smallest absolute Gasteiger partial charge is 0.318 e. The first-order valence-electron chi connectivity index (χ1n) is 9.24. The van der Waals surface area contributed by atoms with Gasteiger partial charge in [0.1, 0.15) is 5.82 Å². The zero-order valence-corrected chi connectivity index (χ0v) is 16.7. The first-order valence-corrected chi connectivity index (χ1v) is 9.62. The number of amides is 2. The maximum atomic E-state index is 13.4. The number of carbonyl (C=O) groups is 1. The summed E-state index contributed by atoms with van der Waals surface area (Å²) in [5, 5.41) is 24.5. The molecule has 8 nitrogen and oxygen atoms in total. The molecule has 29 heavy (non-hydrogen) atoms. The quantitative estimate of drug-likeness (QED) is 0.564. The molecule has 0 unspecified atom stereocenters. The predicted molar refractivity (Wildman–Crippen MR) is 106 cm³/mol. The summed E-state index contributed by atoms with van der Waals surface area (Å²) in [5.74, 6) is -0.174. The number of aliphatic hydroxyl groups is 2. The Kier molecular flexibility index (Phi) is 6.83. The highest BCUT2D eigenvalue weighted by Crippen LogP contribution is 2.22. The van der Waals surface area contributed by atoms with E-state index < -0.39 is 11.9 Å². The Morgan fingerprint density at radius 1 is 1.38 bits per heavy atom. The molecule has 4 N–H and O–H groups in total. The Hall–Kier alpha value is -2.49. The van der Waals surface area contributed by atoms with Crippen molar-refractivity contribution >= 4 is 23.6 Å². The van der Waals surface area contributed by atoms with Crippen molar-refractivity contribution in [2.24, 2.45) is 0 Å². The minimum absolute atomic E-state index is 0.0507. The second-order valence-electron chi connectivity index (χ2n) is 6.92. The van der Waals surface area contributed by atoms with Gasteiger partial charge in [-0.2, -0.15) is 0 Å². The summed E-state index contributed by atoms with van der Waals surface area (Å²) in [4.78, 5) is 23.0. The molecule has 1 aromatic carbocycles. The van der Waals surface area contributed by atoms with Crippen LogP contribution in [0.3, 0.4) is 0 Å². The highest BCUT2D eigenvalue weighted by Gasteiger charge is 2.25. The van der Waals surface area contributed by atoms with Gasteiger partial charge in [-0.3, -0.25) is 0 Å². The third kappa shape index (κ3) is 5.11. The van der Waals surface area contributed by atoms with Gasteiger partial charge in [0.15, 0.2) is 0 Å². The third-order valence-corrected chi connectivity index (χ3v) is 5.00. The first-order chi connectivity index (χ1) is 13.9. The molecule has 0 saturated carbocycles. The zero-order valence-electron chi connectivity index (χ0n) is 15.9. The largest absolute Gasteiger partial charge is 0.394 e. The molecular weight excluding hydrogens is 401 g/mol. The summed E-state index contributed by atoms with van der Waals surface area (Å²) < 4.78 is 13.4. The fourth-order valence-corrected chi connectivity index (χ4v) is 3.20. The van der Waals surface area contributed by atoms with Crippen molar-refractivity contribution in [2.75, 3.05) is 25.1 Å². The molecule has 156 valence electrons. The minimum atomic E-state index is -0.713. The number of rotatable bonds is 6. The maximum absolute atomic E-state index is 13.4. The van der Waals surface area contributed by atoms with E-state index in [2.05, 4.69) is 20.6 Å². The van der Waals surface area contributed by atoms with Crippen molar-refractivity contribution < 1.29 is 19.4 Å². The van der Waals surface area contributed by atoms with Gasteiger partial charge in [-0.25, -0.2) is 19.2 Å². The lowest BCUT2D eigenvalue weighted by molar-refractivity contribution is 0.176. The van der Waals surface area contributed by atoms with E-state index in [1.165, 1.54) is 18.2 Å². The fourth-order valence-electron chi connectivity index (χ4n) is 3.02. The summed E-state index contributed by atoms with van der Waals surface area (Å²) in [7, 11) is 0. The van der Waals surface area contributed by atoms with E-state index in [1.54, 1.807) is 18.0 Å². The van der Waals surface area contributed by atoms with Crippen LogP contribution in [-0.4, -0.2) is 56.9 Å². The normalized spacial score (nSPS) is 15.4. The number of aromatic nitrogens is 2. The number of hydrogen-bond donors (Lipinski definition) is 4. The Morgan fingerprint density at radius 3 is 2.86 bits per heavy atom. The van der Waals surface area contributed by atoms with Crippen LogP contribution in [0.2, 0.25) is 5.02 Å². The molecule has 2 heterocycles. The van der Waals surface area contributed by atoms with Crippen LogP contribution in [0.25, 0.3) is 0 Å². The molecule has 1 aliphatic heterocycles. The van der Waals surface area contributed by atoms with E-state index in [1.807, 2.05) is 0 Å². The number of fused-ring (bicyclic) bond motifs is 1. The highest BCUT2D eigenvalue weighted by molar-refractivity contribution is 6.30. The van der Waals surface area contributed by atoms with Crippen molar-refractivity contribution in [2.45, 2.75) is 32.0 Å². The van der Waals surface area contributed by atoms with Crippen LogP contribution < -0.4 is 10.6 Å². The second-order valence-corrected chi connectivity index (χ2v) is 7.33. The highest BCUT2D eigenvalue weighted by atomic mass is 35.5. The van der Waals surface area contributed by atoms with Gasteiger partial charge in [0.2, 0.25) is 5.95 Å². The van der Waals surface area contributed by atoms with Crippen molar-refractivity contribution in [3.8, 4) is 0 Å². The summed E-state index contributed by atoms with van der Waals surface area (Å²) in [5.41, 5.74) is 2.19. The Labute approximate surface area is 172 Å². The van der Waals surface area contributed by atoms with E-state index in [0.717, 1.165) is 11.3 Å². The van der Waals surface area contributed by atoms with Gasteiger partial charge in [-0.05, 0) is 36.6 Å². The molecule has 2 amide bonds. The first kappa shape index (κ1) is 21.2. The van der Waals surface area contributed by atoms with Crippen LogP contribution in [0.15, 0.2) is 24.4 Å². The molecular formula is C19H23ClFN5O3. The maximum Gasteiger partial charge on any atom is 0.318 e. The average Bonchev–Trinajstić information content (AvgIpc) is 2.73. The Morgan fingerprint density at radius 2 is 2.17 bits per heavy atom. The number of benzene rings is 1. The van der Waals surface area contributed by atoms with E-state index in [9.17, 15) is 14.3 Å². The third-order valence-electron chi connectivity index (χ3n) is 4.71. The van der Waals surface area contributed by atoms with Crippen molar-refractivity contribution in [3.05, 3.63) is 52.1 Å². The Balaban J connectivity index is 1.69. The average molecular weight is 424 g/mol. The molecule has 0 radical (unpaired) electrons. The topological polar surface area (TPSA) is 111 Å². The molecule has 3 rings (SSSR count). The molecule has 0 spiro atoms. The van der Waals surface area contributed by atoms with E-state index in [0.29, 0.717) is 24.5 Å². The van der Waals surface area contributed by atoms with E-state index in [-0.39, 0.29) is 36.9 Å². The lowest BCUT2D eigenvalue weighted by Crippen LogP contribution is -2.45. The van der Waals surface area contributed by atoms with Gasteiger partial charge in [0.05, 0.1) is 36.5 Å². The number of hydrogen-bond acceptors (Lipinski definition) is 6. The second kappa shape index (κ2) is 9.34. The monoisotopic (exact) mass is 423 g/mol. The Bertz CT molecular complexity index is 885. The number of nitrogens with zero attached hydrogens (tertiary/aromatic N) is 3. The fraction of sp³-hybridized carbons (Fsp3) is 0.421. The van der Waals surface area contributed by atoms with Crippen molar-refractivity contribution in [1.82, 2.24) is 20.2 Å². The number of aliphatic hydroxyl groups excluding tert-OH is 2. The van der Waals surface area contributed by atoms with Crippen molar-refractivity contribution in [1.29, 1.82) is 0 Å². The molecule has 2 aromatic rings.